The van der Waals surface area contributed by atoms with Gasteiger partial charge in [0.2, 0.25) is 5.82 Å². The maximum absolute atomic E-state index is 13.7. The van der Waals surface area contributed by atoms with Crippen LogP contribution in [0.3, 0.4) is 0 Å². The SMILES string of the molecule is CC(C)NC(=O)C(C)Oc1ccc(S(=O)(=O)Cl)c(F)c1F. The molecule has 5 nitrogen and oxygen atoms in total. The summed E-state index contributed by atoms with van der Waals surface area (Å²) in [7, 11) is 0.551. The van der Waals surface area contributed by atoms with E-state index < -0.39 is 43.3 Å². The van der Waals surface area contributed by atoms with Gasteiger partial charge in [0.1, 0.15) is 4.90 Å². The molecule has 0 radical (unpaired) electrons. The topological polar surface area (TPSA) is 72.5 Å². The first kappa shape index (κ1) is 17.6. The zero-order valence-corrected chi connectivity index (χ0v) is 13.1. The fourth-order valence-electron chi connectivity index (χ4n) is 1.44. The van der Waals surface area contributed by atoms with E-state index in [1.54, 1.807) is 13.8 Å². The van der Waals surface area contributed by atoms with E-state index in [9.17, 15) is 22.0 Å². The lowest BCUT2D eigenvalue weighted by molar-refractivity contribution is -0.127. The molecule has 1 rings (SSSR count). The molecule has 0 fully saturated rings. The van der Waals surface area contributed by atoms with Gasteiger partial charge in [-0.25, -0.2) is 12.8 Å². The van der Waals surface area contributed by atoms with Crippen molar-refractivity contribution in [3.63, 3.8) is 0 Å². The van der Waals surface area contributed by atoms with E-state index in [1.807, 2.05) is 0 Å². The smallest absolute Gasteiger partial charge is 0.264 e. The standard InChI is InChI=1S/C12H14ClF2NO4S/c1-6(2)16-12(17)7(3)20-8-4-5-9(21(13,18)19)11(15)10(8)14/h4-7H,1-3H3,(H,16,17). The molecule has 1 unspecified atom stereocenters. The highest BCUT2D eigenvalue weighted by Gasteiger charge is 2.24. The van der Waals surface area contributed by atoms with Crippen LogP contribution in [0.5, 0.6) is 5.75 Å². The van der Waals surface area contributed by atoms with Crippen LogP contribution >= 0.6 is 10.7 Å². The second-order valence-corrected chi connectivity index (χ2v) is 7.09. The molecule has 0 saturated carbocycles. The van der Waals surface area contributed by atoms with Gasteiger partial charge in [0, 0.05) is 16.7 Å². The largest absolute Gasteiger partial charge is 0.478 e. The van der Waals surface area contributed by atoms with Crippen molar-refractivity contribution in [2.45, 2.75) is 37.8 Å². The predicted octanol–water partition coefficient (Wildman–Crippen LogP) is 2.18. The molecule has 9 heteroatoms. The first-order valence-electron chi connectivity index (χ1n) is 5.93. The Morgan fingerprint density at radius 2 is 1.81 bits per heavy atom. The highest BCUT2D eigenvalue weighted by molar-refractivity contribution is 8.13. The maximum Gasteiger partial charge on any atom is 0.264 e. The summed E-state index contributed by atoms with van der Waals surface area (Å²) in [4.78, 5) is 10.6. The highest BCUT2D eigenvalue weighted by Crippen LogP contribution is 2.28. The van der Waals surface area contributed by atoms with Gasteiger partial charge in [-0.2, -0.15) is 4.39 Å². The number of ether oxygens (including phenoxy) is 1. The number of nitrogens with one attached hydrogen (secondary N) is 1. The molecule has 1 amide bonds. The molecule has 1 N–H and O–H groups in total. The van der Waals surface area contributed by atoms with Crippen molar-refractivity contribution in [2.24, 2.45) is 0 Å². The minimum atomic E-state index is -4.41. The van der Waals surface area contributed by atoms with Crippen molar-refractivity contribution in [1.82, 2.24) is 5.32 Å². The second-order valence-electron chi connectivity index (χ2n) is 4.55. The third-order valence-corrected chi connectivity index (χ3v) is 3.72. The number of halogens is 3. The van der Waals surface area contributed by atoms with Crippen LogP contribution in [0.15, 0.2) is 17.0 Å². The molecule has 0 aliphatic carbocycles. The molecular weight excluding hydrogens is 328 g/mol. The van der Waals surface area contributed by atoms with E-state index in [-0.39, 0.29) is 6.04 Å². The third kappa shape index (κ3) is 4.53. The molecule has 1 atom stereocenters. The monoisotopic (exact) mass is 341 g/mol. The van der Waals surface area contributed by atoms with Crippen molar-refractivity contribution in [3.8, 4) is 5.75 Å². The van der Waals surface area contributed by atoms with Crippen LogP contribution in [0, 0.1) is 11.6 Å². The average Bonchev–Trinajstić information content (AvgIpc) is 2.32. The summed E-state index contributed by atoms with van der Waals surface area (Å²) in [5, 5.41) is 2.54. The summed E-state index contributed by atoms with van der Waals surface area (Å²) < 4.78 is 54.4. The van der Waals surface area contributed by atoms with E-state index in [0.29, 0.717) is 0 Å². The van der Waals surface area contributed by atoms with Gasteiger partial charge in [-0.1, -0.05) is 0 Å². The number of carbonyl (C=O) groups excluding carboxylic acids is 1. The number of hydrogen-bond acceptors (Lipinski definition) is 4. The summed E-state index contributed by atoms with van der Waals surface area (Å²) in [5.74, 6) is -4.28. The molecular formula is C12H14ClF2NO4S. The second kappa shape index (κ2) is 6.57. The molecule has 0 spiro atoms. The Hall–Kier alpha value is -1.41. The lowest BCUT2D eigenvalue weighted by atomic mass is 10.3. The Morgan fingerprint density at radius 3 is 2.29 bits per heavy atom. The van der Waals surface area contributed by atoms with Crippen molar-refractivity contribution < 1.29 is 26.7 Å². The number of benzene rings is 1. The van der Waals surface area contributed by atoms with Gasteiger partial charge in [-0.05, 0) is 32.9 Å². The maximum atomic E-state index is 13.7. The summed E-state index contributed by atoms with van der Waals surface area (Å²) in [6.45, 7) is 4.80. The van der Waals surface area contributed by atoms with E-state index in [0.717, 1.165) is 12.1 Å². The van der Waals surface area contributed by atoms with E-state index in [1.165, 1.54) is 6.92 Å². The Morgan fingerprint density at radius 1 is 1.24 bits per heavy atom. The number of carbonyl (C=O) groups is 1. The van der Waals surface area contributed by atoms with Crippen LogP contribution in [0.4, 0.5) is 8.78 Å². The van der Waals surface area contributed by atoms with Crippen molar-refractivity contribution in [3.05, 3.63) is 23.8 Å². The summed E-state index contributed by atoms with van der Waals surface area (Å²) in [6, 6.07) is 1.52. The Kier molecular flexibility index (Phi) is 5.52. The van der Waals surface area contributed by atoms with Crippen molar-refractivity contribution >= 4 is 25.6 Å². The molecule has 21 heavy (non-hydrogen) atoms. The van der Waals surface area contributed by atoms with Gasteiger partial charge >= 0.3 is 0 Å². The lowest BCUT2D eigenvalue weighted by Gasteiger charge is -2.17. The normalized spacial score (nSPS) is 13.1. The first-order valence-corrected chi connectivity index (χ1v) is 8.24. The number of rotatable bonds is 5. The zero-order chi connectivity index (χ0) is 16.4. The Bertz CT molecular complexity index is 649. The van der Waals surface area contributed by atoms with Gasteiger partial charge in [-0.3, -0.25) is 4.79 Å². The van der Waals surface area contributed by atoms with E-state index in [4.69, 9.17) is 15.4 Å². The van der Waals surface area contributed by atoms with Crippen molar-refractivity contribution in [1.29, 1.82) is 0 Å². The molecule has 0 bridgehead atoms. The van der Waals surface area contributed by atoms with Gasteiger partial charge in [0.25, 0.3) is 15.0 Å². The fraction of sp³-hybridized carbons (Fsp3) is 0.417. The lowest BCUT2D eigenvalue weighted by Crippen LogP contribution is -2.40. The number of hydrogen-bond donors (Lipinski definition) is 1. The Labute approximate surface area is 125 Å². The van der Waals surface area contributed by atoms with Crippen molar-refractivity contribution in [2.75, 3.05) is 0 Å². The summed E-state index contributed by atoms with van der Waals surface area (Å²) in [5.41, 5.74) is 0. The van der Waals surface area contributed by atoms with Crippen LogP contribution < -0.4 is 10.1 Å². The molecule has 118 valence electrons. The quantitative estimate of drug-likeness (QED) is 0.833. The van der Waals surface area contributed by atoms with Gasteiger partial charge < -0.3 is 10.1 Å². The zero-order valence-electron chi connectivity index (χ0n) is 11.5. The van der Waals surface area contributed by atoms with Crippen LogP contribution in [0.1, 0.15) is 20.8 Å². The van der Waals surface area contributed by atoms with Gasteiger partial charge in [0.05, 0.1) is 0 Å². The first-order chi connectivity index (χ1) is 9.54. The molecule has 1 aromatic carbocycles. The number of amides is 1. The molecule has 0 saturated heterocycles. The van der Waals surface area contributed by atoms with E-state index in [2.05, 4.69) is 5.32 Å². The van der Waals surface area contributed by atoms with Crippen LogP contribution in [0.25, 0.3) is 0 Å². The fourth-order valence-corrected chi connectivity index (χ4v) is 2.33. The van der Waals surface area contributed by atoms with E-state index >= 15 is 0 Å². The van der Waals surface area contributed by atoms with Gasteiger partial charge in [0.15, 0.2) is 17.7 Å². The highest BCUT2D eigenvalue weighted by atomic mass is 35.7. The molecule has 0 aromatic heterocycles. The van der Waals surface area contributed by atoms with Gasteiger partial charge in [-0.15, -0.1) is 0 Å². The molecule has 1 aromatic rings. The summed E-state index contributed by atoms with van der Waals surface area (Å²) >= 11 is 0. The summed E-state index contributed by atoms with van der Waals surface area (Å²) in [6.07, 6.45) is -1.08. The molecule has 0 aliphatic heterocycles. The third-order valence-electron chi connectivity index (χ3n) is 2.38. The predicted molar refractivity (Wildman–Crippen MR) is 72.8 cm³/mol. The molecule has 0 aliphatic rings. The molecule has 0 heterocycles. The average molecular weight is 342 g/mol. The Balaban J connectivity index is 3.02. The van der Waals surface area contributed by atoms with Crippen LogP contribution in [0.2, 0.25) is 0 Å². The minimum absolute atomic E-state index is 0.145. The van der Waals surface area contributed by atoms with Crippen LogP contribution in [-0.2, 0) is 13.8 Å². The minimum Gasteiger partial charge on any atom is -0.478 e. The van der Waals surface area contributed by atoms with Crippen LogP contribution in [-0.4, -0.2) is 26.5 Å².